The van der Waals surface area contributed by atoms with Crippen LogP contribution in [0.1, 0.15) is 66.7 Å². The van der Waals surface area contributed by atoms with Gasteiger partial charge in [-0.25, -0.2) is 13.9 Å². The molecule has 0 aliphatic heterocycles. The monoisotopic (exact) mass is 573 g/mol. The maximum Gasteiger partial charge on any atom is 0.359 e. The fourth-order valence-corrected chi connectivity index (χ4v) is 5.54. The Kier molecular flexibility index (Phi) is 10.5. The lowest BCUT2D eigenvalue weighted by atomic mass is 9.63. The lowest BCUT2D eigenvalue weighted by molar-refractivity contribution is -0.0988. The Labute approximate surface area is 247 Å². The third kappa shape index (κ3) is 6.40. The number of carbonyl (C=O) groups is 1. The van der Waals surface area contributed by atoms with Crippen LogP contribution in [0.4, 0.5) is 10.1 Å². The molecule has 5 rings (SSSR count). The first-order valence-electron chi connectivity index (χ1n) is 14.6. The maximum atomic E-state index is 13.5. The Balaban J connectivity index is 0.00000198. The molecule has 8 heteroatoms. The van der Waals surface area contributed by atoms with Crippen molar-refractivity contribution < 1.29 is 23.8 Å². The Hall–Kier alpha value is -4.01. The van der Waals surface area contributed by atoms with Gasteiger partial charge in [0.15, 0.2) is 5.69 Å². The molecule has 222 valence electrons. The van der Waals surface area contributed by atoms with Crippen LogP contribution in [0.25, 0.3) is 5.69 Å². The van der Waals surface area contributed by atoms with Crippen molar-refractivity contribution in [2.45, 2.75) is 58.3 Å². The summed E-state index contributed by atoms with van der Waals surface area (Å²) in [7, 11) is 1.61. The fraction of sp³-hybridized carbons (Fsp3) is 0.353. The van der Waals surface area contributed by atoms with Gasteiger partial charge in [-0.05, 0) is 61.4 Å². The van der Waals surface area contributed by atoms with E-state index in [1.807, 2.05) is 44.2 Å². The molecule has 1 heterocycles. The first-order valence-corrected chi connectivity index (χ1v) is 14.6. The minimum Gasteiger partial charge on any atom is -0.461 e. The van der Waals surface area contributed by atoms with Gasteiger partial charge in [-0.15, -0.1) is 0 Å². The summed E-state index contributed by atoms with van der Waals surface area (Å²) in [4.78, 5) is 15.1. The van der Waals surface area contributed by atoms with Crippen molar-refractivity contribution in [3.8, 4) is 5.69 Å². The summed E-state index contributed by atoms with van der Waals surface area (Å²) in [6, 6.07) is 24.4. The number of methoxy groups -OCH3 is 1. The molecule has 1 N–H and O–H groups in total. The molecule has 3 aromatic carbocycles. The van der Waals surface area contributed by atoms with E-state index in [0.29, 0.717) is 11.3 Å². The van der Waals surface area contributed by atoms with E-state index in [-0.39, 0.29) is 30.1 Å². The van der Waals surface area contributed by atoms with Gasteiger partial charge in [-0.3, -0.25) is 0 Å². The van der Waals surface area contributed by atoms with Crippen LogP contribution in [0, 0.1) is 5.82 Å². The summed E-state index contributed by atoms with van der Waals surface area (Å²) in [5.41, 5.74) is 4.53. The highest BCUT2D eigenvalue weighted by atomic mass is 19.1. The molecule has 7 nitrogen and oxygen atoms in total. The number of aromatic nitrogens is 2. The number of carbonyl (C=O) groups excluding carboxylic acids is 1. The highest BCUT2D eigenvalue weighted by Gasteiger charge is 2.53. The van der Waals surface area contributed by atoms with E-state index in [0.717, 1.165) is 24.3 Å². The number of rotatable bonds is 10. The van der Waals surface area contributed by atoms with Gasteiger partial charge in [0.25, 0.3) is 0 Å². The van der Waals surface area contributed by atoms with Crippen LogP contribution in [0.15, 0.2) is 85.1 Å². The molecule has 0 radical (unpaired) electrons. The molecule has 4 aromatic rings. The molecule has 1 aromatic heterocycles. The normalized spacial score (nSPS) is 19.3. The van der Waals surface area contributed by atoms with Crippen LogP contribution >= 0.6 is 0 Å². The zero-order valence-electron chi connectivity index (χ0n) is 24.9. The summed E-state index contributed by atoms with van der Waals surface area (Å²) >= 11 is 0. The fourth-order valence-electron chi connectivity index (χ4n) is 5.54. The van der Waals surface area contributed by atoms with E-state index in [2.05, 4.69) is 41.2 Å². The zero-order chi connectivity index (χ0) is 30.2. The summed E-state index contributed by atoms with van der Waals surface area (Å²) < 4.78 is 26.1. The molecule has 4 unspecified atom stereocenters. The number of esters is 1. The molecule has 0 spiro atoms. The van der Waals surface area contributed by atoms with Crippen molar-refractivity contribution in [2.24, 2.45) is 0 Å². The molecule has 0 saturated heterocycles. The number of hydrogen-bond donors (Lipinski definition) is 1. The number of aliphatic hydroxyl groups excluding tert-OH is 1. The largest absolute Gasteiger partial charge is 0.461 e. The van der Waals surface area contributed by atoms with Crippen molar-refractivity contribution in [1.29, 1.82) is 0 Å². The van der Waals surface area contributed by atoms with Crippen LogP contribution in [0.5, 0.6) is 0 Å². The van der Waals surface area contributed by atoms with E-state index in [4.69, 9.17) is 9.47 Å². The van der Waals surface area contributed by atoms with Gasteiger partial charge in [0.1, 0.15) is 5.82 Å². The molecular weight excluding hydrogens is 533 g/mol. The number of halogens is 1. The number of nitrogens with zero attached hydrogens (tertiary/aromatic N) is 3. The van der Waals surface area contributed by atoms with Crippen molar-refractivity contribution in [3.05, 3.63) is 113 Å². The van der Waals surface area contributed by atoms with Crippen molar-refractivity contribution >= 4 is 11.7 Å². The Bertz CT molecular complexity index is 1420. The van der Waals surface area contributed by atoms with E-state index >= 15 is 0 Å². The maximum absolute atomic E-state index is 13.5. The summed E-state index contributed by atoms with van der Waals surface area (Å²) in [6.45, 7) is 9.71. The minimum absolute atomic E-state index is 0.116. The quantitative estimate of drug-likeness (QED) is 0.218. The predicted octanol–water partition coefficient (Wildman–Crippen LogP) is 6.50. The van der Waals surface area contributed by atoms with E-state index in [1.54, 1.807) is 32.4 Å². The van der Waals surface area contributed by atoms with Crippen LogP contribution in [-0.4, -0.2) is 53.3 Å². The third-order valence-electron chi connectivity index (χ3n) is 7.62. The molecule has 1 aliphatic carbocycles. The molecule has 42 heavy (non-hydrogen) atoms. The second-order valence-electron chi connectivity index (χ2n) is 9.91. The van der Waals surface area contributed by atoms with Crippen LogP contribution in [0.3, 0.4) is 0 Å². The van der Waals surface area contributed by atoms with Crippen molar-refractivity contribution in [1.82, 2.24) is 9.78 Å². The summed E-state index contributed by atoms with van der Waals surface area (Å²) in [5.74, 6) is -1.72. The molecular formula is C34H40FN3O4. The number of benzene rings is 3. The average molecular weight is 574 g/mol. The number of ether oxygens (including phenoxy) is 2. The first-order chi connectivity index (χ1) is 20.4. The summed E-state index contributed by atoms with van der Waals surface area (Å²) in [6.07, 6.45) is 0.509. The third-order valence-corrected chi connectivity index (χ3v) is 7.62. The number of hydrogen-bond acceptors (Lipinski definition) is 6. The van der Waals surface area contributed by atoms with Gasteiger partial charge < -0.3 is 19.5 Å². The molecule has 1 fully saturated rings. The Morgan fingerprint density at radius 2 is 1.64 bits per heavy atom. The topological polar surface area (TPSA) is 76.8 Å². The Morgan fingerprint density at radius 1 is 0.976 bits per heavy atom. The van der Waals surface area contributed by atoms with E-state index < -0.39 is 18.0 Å². The van der Waals surface area contributed by atoms with Gasteiger partial charge in [0, 0.05) is 49.5 Å². The summed E-state index contributed by atoms with van der Waals surface area (Å²) in [5, 5.41) is 15.9. The van der Waals surface area contributed by atoms with E-state index in [9.17, 15) is 14.3 Å². The molecule has 0 bridgehead atoms. The molecule has 1 aliphatic rings. The van der Waals surface area contributed by atoms with Crippen molar-refractivity contribution in [3.63, 3.8) is 0 Å². The van der Waals surface area contributed by atoms with Gasteiger partial charge in [0.05, 0.1) is 24.5 Å². The van der Waals surface area contributed by atoms with Gasteiger partial charge in [0.2, 0.25) is 0 Å². The average Bonchev–Trinajstić information content (AvgIpc) is 3.45. The van der Waals surface area contributed by atoms with E-state index in [1.165, 1.54) is 22.4 Å². The van der Waals surface area contributed by atoms with Crippen molar-refractivity contribution in [2.75, 3.05) is 25.2 Å². The first kappa shape index (κ1) is 30.9. The number of anilines is 1. The molecule has 0 amide bonds. The molecule has 1 saturated carbocycles. The minimum atomic E-state index is -0.804. The van der Waals surface area contributed by atoms with Crippen LogP contribution in [-0.2, 0) is 16.0 Å². The van der Waals surface area contributed by atoms with Crippen LogP contribution < -0.4 is 4.90 Å². The van der Waals surface area contributed by atoms with Gasteiger partial charge >= 0.3 is 5.97 Å². The second-order valence-corrected chi connectivity index (χ2v) is 9.91. The van der Waals surface area contributed by atoms with Gasteiger partial charge in [-0.1, -0.05) is 56.3 Å². The van der Waals surface area contributed by atoms with Gasteiger partial charge in [-0.2, -0.15) is 5.10 Å². The highest BCUT2D eigenvalue weighted by Crippen LogP contribution is 2.50. The lowest BCUT2D eigenvalue weighted by Crippen LogP contribution is -2.53. The Morgan fingerprint density at radius 3 is 2.24 bits per heavy atom. The smallest absolute Gasteiger partial charge is 0.359 e. The predicted molar refractivity (Wildman–Crippen MR) is 163 cm³/mol. The zero-order valence-corrected chi connectivity index (χ0v) is 24.9. The lowest BCUT2D eigenvalue weighted by Gasteiger charge is -2.48. The van der Waals surface area contributed by atoms with Crippen LogP contribution in [0.2, 0.25) is 0 Å². The standard InChI is InChI=1S/C32H34FN3O4.C2H6/c1-4-35(19-21-9-7-6-8-10-21)24-15-11-22(12-16-24)27-30(37)28(31(27)39-3)26-20-36(25-17-13-23(33)14-18-25)34-29(26)32(38)40-5-2;1-2/h6-18,20,27-28,30-31,37H,4-5,19H2,1-3H3;1-2H3. The SMILES string of the molecule is CC.CCOC(=O)c1nn(-c2ccc(F)cc2)cc1C1C(O)C(c2ccc(N(CC)Cc3ccccc3)cc2)C1OC. The molecule has 4 atom stereocenters. The number of aliphatic hydroxyl groups is 1. The second kappa shape index (κ2) is 14.2. The highest BCUT2D eigenvalue weighted by molar-refractivity contribution is 5.89.